The molecule has 9 heteroatoms. The maximum absolute atomic E-state index is 12.9. The van der Waals surface area contributed by atoms with Gasteiger partial charge >= 0.3 is 0 Å². The van der Waals surface area contributed by atoms with Crippen molar-refractivity contribution in [2.45, 2.75) is 19.3 Å². The van der Waals surface area contributed by atoms with Gasteiger partial charge in [0.15, 0.2) is 11.5 Å². The third kappa shape index (κ3) is 5.78. The number of methoxy groups -OCH3 is 1. The monoisotopic (exact) mass is 518 g/mol. The molecule has 0 N–H and O–H groups in total. The van der Waals surface area contributed by atoms with Gasteiger partial charge in [0.05, 0.1) is 19.2 Å². The van der Waals surface area contributed by atoms with Crippen molar-refractivity contribution in [3.8, 4) is 11.5 Å². The number of likely N-dealkylation sites (tertiary alicyclic amines) is 1. The summed E-state index contributed by atoms with van der Waals surface area (Å²) in [7, 11) is 5.56. The lowest BCUT2D eigenvalue weighted by Gasteiger charge is -2.36. The van der Waals surface area contributed by atoms with Crippen LogP contribution in [0.4, 0.5) is 11.8 Å². The van der Waals surface area contributed by atoms with E-state index < -0.39 is 0 Å². The molecule has 2 fully saturated rings. The Balaban J connectivity index is 1.35. The van der Waals surface area contributed by atoms with Gasteiger partial charge in [-0.15, -0.1) is 0 Å². The SMILES string of the molecule is COc1cc2c(N3CCN(C(=O)c4ccccc4)CC3)nc(N(C)C)nc2cc1OCCCN1CCCC1. The van der Waals surface area contributed by atoms with Crippen LogP contribution in [0, 0.1) is 0 Å². The molecule has 3 heterocycles. The summed E-state index contributed by atoms with van der Waals surface area (Å²) in [4.78, 5) is 31.2. The van der Waals surface area contributed by atoms with Gasteiger partial charge in [0.25, 0.3) is 5.91 Å². The van der Waals surface area contributed by atoms with Gasteiger partial charge in [0.1, 0.15) is 5.82 Å². The Morgan fingerprint density at radius 2 is 1.68 bits per heavy atom. The molecule has 9 nitrogen and oxygen atoms in total. The second-order valence-electron chi connectivity index (χ2n) is 10.2. The fourth-order valence-electron chi connectivity index (χ4n) is 5.18. The molecular formula is C29H38N6O3. The first-order valence-corrected chi connectivity index (χ1v) is 13.5. The summed E-state index contributed by atoms with van der Waals surface area (Å²) < 4.78 is 11.9. The van der Waals surface area contributed by atoms with Gasteiger partial charge in [0, 0.05) is 63.8 Å². The van der Waals surface area contributed by atoms with E-state index in [4.69, 9.17) is 19.4 Å². The molecule has 0 bridgehead atoms. The zero-order valence-electron chi connectivity index (χ0n) is 22.7. The normalized spacial score (nSPS) is 16.2. The molecule has 1 aromatic heterocycles. The fraction of sp³-hybridized carbons (Fsp3) is 0.483. The van der Waals surface area contributed by atoms with Gasteiger partial charge in [-0.25, -0.2) is 4.98 Å². The molecule has 2 aliphatic heterocycles. The molecule has 3 aromatic rings. The number of ether oxygens (including phenoxy) is 2. The molecule has 0 unspecified atom stereocenters. The number of hydrogen-bond acceptors (Lipinski definition) is 8. The second kappa shape index (κ2) is 11.9. The van der Waals surface area contributed by atoms with Crippen LogP contribution in [0.5, 0.6) is 11.5 Å². The number of nitrogens with zero attached hydrogens (tertiary/aromatic N) is 6. The lowest BCUT2D eigenvalue weighted by molar-refractivity contribution is 0.0746. The molecule has 38 heavy (non-hydrogen) atoms. The van der Waals surface area contributed by atoms with Crippen LogP contribution in [0.2, 0.25) is 0 Å². The van der Waals surface area contributed by atoms with Gasteiger partial charge in [-0.1, -0.05) is 18.2 Å². The van der Waals surface area contributed by atoms with Crippen LogP contribution in [-0.4, -0.2) is 99.3 Å². The zero-order valence-corrected chi connectivity index (χ0v) is 22.7. The smallest absolute Gasteiger partial charge is 0.253 e. The minimum Gasteiger partial charge on any atom is -0.493 e. The highest BCUT2D eigenvalue weighted by Gasteiger charge is 2.25. The molecule has 0 atom stereocenters. The van der Waals surface area contributed by atoms with E-state index in [9.17, 15) is 4.79 Å². The third-order valence-electron chi connectivity index (χ3n) is 7.31. The van der Waals surface area contributed by atoms with E-state index in [0.29, 0.717) is 50.2 Å². The van der Waals surface area contributed by atoms with Crippen LogP contribution >= 0.6 is 0 Å². The summed E-state index contributed by atoms with van der Waals surface area (Å²) in [6.45, 7) is 6.73. The van der Waals surface area contributed by atoms with Crippen molar-refractivity contribution in [2.24, 2.45) is 0 Å². The Morgan fingerprint density at radius 1 is 0.947 bits per heavy atom. The Labute approximate surface area is 224 Å². The van der Waals surface area contributed by atoms with E-state index in [0.717, 1.165) is 35.2 Å². The second-order valence-corrected chi connectivity index (χ2v) is 10.2. The first kappa shape index (κ1) is 26.0. The molecular weight excluding hydrogens is 480 g/mol. The summed E-state index contributed by atoms with van der Waals surface area (Å²) >= 11 is 0. The van der Waals surface area contributed by atoms with E-state index in [1.165, 1.54) is 25.9 Å². The fourth-order valence-corrected chi connectivity index (χ4v) is 5.18. The highest BCUT2D eigenvalue weighted by Crippen LogP contribution is 2.36. The van der Waals surface area contributed by atoms with Gasteiger partial charge < -0.3 is 29.1 Å². The zero-order chi connectivity index (χ0) is 26.5. The van der Waals surface area contributed by atoms with Crippen molar-refractivity contribution in [3.05, 3.63) is 48.0 Å². The number of aromatic nitrogens is 2. The van der Waals surface area contributed by atoms with Crippen molar-refractivity contribution < 1.29 is 14.3 Å². The van der Waals surface area contributed by atoms with Crippen LogP contribution in [-0.2, 0) is 0 Å². The van der Waals surface area contributed by atoms with E-state index in [2.05, 4.69) is 9.80 Å². The first-order valence-electron chi connectivity index (χ1n) is 13.5. The number of carbonyl (C=O) groups is 1. The Bertz CT molecular complexity index is 1240. The molecule has 0 aliphatic carbocycles. The number of carbonyl (C=O) groups excluding carboxylic acids is 1. The van der Waals surface area contributed by atoms with E-state index in [-0.39, 0.29) is 5.91 Å². The Morgan fingerprint density at radius 3 is 2.37 bits per heavy atom. The highest BCUT2D eigenvalue weighted by molar-refractivity contribution is 5.95. The van der Waals surface area contributed by atoms with Crippen LogP contribution in [0.1, 0.15) is 29.6 Å². The van der Waals surface area contributed by atoms with Crippen molar-refractivity contribution in [1.82, 2.24) is 19.8 Å². The molecule has 2 saturated heterocycles. The molecule has 2 aromatic carbocycles. The number of fused-ring (bicyclic) bond motifs is 1. The molecule has 1 amide bonds. The van der Waals surface area contributed by atoms with Crippen LogP contribution < -0.4 is 19.3 Å². The molecule has 5 rings (SSSR count). The van der Waals surface area contributed by atoms with E-state index in [1.807, 2.05) is 66.4 Å². The quantitative estimate of drug-likeness (QED) is 0.399. The predicted molar refractivity (Wildman–Crippen MR) is 151 cm³/mol. The van der Waals surface area contributed by atoms with Gasteiger partial charge in [-0.2, -0.15) is 4.98 Å². The minimum atomic E-state index is 0.0694. The van der Waals surface area contributed by atoms with Crippen molar-refractivity contribution in [3.63, 3.8) is 0 Å². The Hall–Kier alpha value is -3.59. The van der Waals surface area contributed by atoms with Gasteiger partial charge in [0.2, 0.25) is 5.95 Å². The molecule has 0 spiro atoms. The van der Waals surface area contributed by atoms with E-state index >= 15 is 0 Å². The van der Waals surface area contributed by atoms with Gasteiger partial charge in [-0.05, 0) is 50.6 Å². The Kier molecular flexibility index (Phi) is 8.12. The summed E-state index contributed by atoms with van der Waals surface area (Å²) in [5, 5.41) is 0.916. The lowest BCUT2D eigenvalue weighted by Crippen LogP contribution is -2.49. The maximum atomic E-state index is 12.9. The van der Waals surface area contributed by atoms with Gasteiger partial charge in [-0.3, -0.25) is 4.79 Å². The summed E-state index contributed by atoms with van der Waals surface area (Å²) in [6, 6.07) is 13.4. The van der Waals surface area contributed by atoms with Crippen molar-refractivity contribution >= 4 is 28.6 Å². The predicted octanol–water partition coefficient (Wildman–Crippen LogP) is 3.53. The summed E-state index contributed by atoms with van der Waals surface area (Å²) in [5.74, 6) is 2.94. The molecule has 0 radical (unpaired) electrons. The standard InChI is InChI=1S/C29H38N6O3/c1-32(2)29-30-24-21-26(38-19-9-14-33-12-7-8-13-33)25(37-3)20-23(24)27(31-29)34-15-17-35(18-16-34)28(36)22-10-5-4-6-11-22/h4-6,10-11,20-21H,7-9,12-19H2,1-3H3. The van der Waals surface area contributed by atoms with Crippen molar-refractivity contribution in [1.29, 1.82) is 0 Å². The summed E-state index contributed by atoms with van der Waals surface area (Å²) in [6.07, 6.45) is 3.58. The van der Waals surface area contributed by atoms with E-state index in [1.54, 1.807) is 7.11 Å². The average molecular weight is 519 g/mol. The summed E-state index contributed by atoms with van der Waals surface area (Å²) in [5.41, 5.74) is 1.54. The van der Waals surface area contributed by atoms with Crippen LogP contribution in [0.25, 0.3) is 10.9 Å². The number of anilines is 2. The highest BCUT2D eigenvalue weighted by atomic mass is 16.5. The first-order chi connectivity index (χ1) is 18.5. The molecule has 0 saturated carbocycles. The topological polar surface area (TPSA) is 74.3 Å². The average Bonchev–Trinajstić information content (AvgIpc) is 3.48. The third-order valence-corrected chi connectivity index (χ3v) is 7.31. The number of rotatable bonds is 9. The molecule has 202 valence electrons. The van der Waals surface area contributed by atoms with Crippen LogP contribution in [0.3, 0.4) is 0 Å². The van der Waals surface area contributed by atoms with Crippen LogP contribution in [0.15, 0.2) is 42.5 Å². The lowest BCUT2D eigenvalue weighted by atomic mass is 10.1. The number of amides is 1. The number of piperazine rings is 1. The minimum absolute atomic E-state index is 0.0694. The van der Waals surface area contributed by atoms with Crippen molar-refractivity contribution in [2.75, 3.05) is 83.4 Å². The largest absolute Gasteiger partial charge is 0.493 e. The number of benzene rings is 2. The maximum Gasteiger partial charge on any atom is 0.253 e. The number of hydrogen-bond donors (Lipinski definition) is 0. The molecule has 2 aliphatic rings.